The highest BCUT2D eigenvalue weighted by atomic mass is 16.5. The fourth-order valence-corrected chi connectivity index (χ4v) is 2.54. The van der Waals surface area contributed by atoms with Crippen LogP contribution < -0.4 is 0 Å². The minimum absolute atomic E-state index is 0.00464. The van der Waals surface area contributed by atoms with Gasteiger partial charge in [-0.05, 0) is 19.3 Å². The Morgan fingerprint density at radius 1 is 1.38 bits per heavy atom. The minimum Gasteiger partial charge on any atom is -0.480 e. The van der Waals surface area contributed by atoms with Gasteiger partial charge in [-0.2, -0.15) is 0 Å². The number of aliphatic carboxylic acids is 1. The van der Waals surface area contributed by atoms with E-state index in [9.17, 15) is 14.4 Å². The van der Waals surface area contributed by atoms with E-state index in [1.165, 1.54) is 12.0 Å². The summed E-state index contributed by atoms with van der Waals surface area (Å²) >= 11 is 0. The molecule has 0 aromatic rings. The molecule has 1 rings (SSSR count). The lowest BCUT2D eigenvalue weighted by atomic mass is 9.99. The number of amides is 2. The molecule has 0 radical (unpaired) electrons. The first kappa shape index (κ1) is 17.3. The average Bonchev–Trinajstić information content (AvgIpc) is 2.84. The summed E-state index contributed by atoms with van der Waals surface area (Å²) in [5.74, 6) is -1.71. The number of hydrogen-bond acceptors (Lipinski definition) is 4. The Morgan fingerprint density at radius 3 is 2.48 bits per heavy atom. The van der Waals surface area contributed by atoms with Crippen molar-refractivity contribution in [1.82, 2.24) is 9.80 Å². The minimum atomic E-state index is -1.04. The Labute approximate surface area is 124 Å². The molecule has 0 spiro atoms. The Bertz CT molecular complexity index is 412. The average molecular weight is 300 g/mol. The Kier molecular flexibility index (Phi) is 5.99. The molecule has 7 heteroatoms. The highest BCUT2D eigenvalue weighted by Gasteiger charge is 2.39. The SMILES string of the molecule is CCC(C)N(CC(=O)O)C(=O)N1CC(C)C(C(=O)OC)C1. The van der Waals surface area contributed by atoms with Gasteiger partial charge in [-0.1, -0.05) is 13.8 Å². The number of carboxylic acids is 1. The third-order valence-corrected chi connectivity index (χ3v) is 4.06. The quantitative estimate of drug-likeness (QED) is 0.766. The topological polar surface area (TPSA) is 87.2 Å². The molecular formula is C14H24N2O5. The van der Waals surface area contributed by atoms with Gasteiger partial charge in [0, 0.05) is 19.1 Å². The summed E-state index contributed by atoms with van der Waals surface area (Å²) in [6.45, 7) is 5.99. The monoisotopic (exact) mass is 300 g/mol. The van der Waals surface area contributed by atoms with Crippen molar-refractivity contribution in [2.24, 2.45) is 11.8 Å². The summed E-state index contributed by atoms with van der Waals surface area (Å²) in [6.07, 6.45) is 0.669. The number of rotatable bonds is 5. The number of nitrogens with zero attached hydrogens (tertiary/aromatic N) is 2. The van der Waals surface area contributed by atoms with Gasteiger partial charge in [-0.3, -0.25) is 9.59 Å². The number of urea groups is 1. The highest BCUT2D eigenvalue weighted by Crippen LogP contribution is 2.25. The third-order valence-electron chi connectivity index (χ3n) is 4.06. The zero-order valence-electron chi connectivity index (χ0n) is 13.0. The molecule has 2 amide bonds. The lowest BCUT2D eigenvalue weighted by molar-refractivity contribution is -0.146. The van der Waals surface area contributed by atoms with Crippen molar-refractivity contribution in [2.75, 3.05) is 26.7 Å². The van der Waals surface area contributed by atoms with Crippen molar-refractivity contribution >= 4 is 18.0 Å². The summed E-state index contributed by atoms with van der Waals surface area (Å²) in [5.41, 5.74) is 0. The molecule has 0 aromatic heterocycles. The number of methoxy groups -OCH3 is 1. The first-order valence-electron chi connectivity index (χ1n) is 7.16. The normalized spacial score (nSPS) is 22.8. The maximum atomic E-state index is 12.5. The molecule has 1 N–H and O–H groups in total. The van der Waals surface area contributed by atoms with Crippen LogP contribution in [0.4, 0.5) is 4.79 Å². The van der Waals surface area contributed by atoms with Crippen LogP contribution in [0.1, 0.15) is 27.2 Å². The first-order valence-corrected chi connectivity index (χ1v) is 7.16. The maximum Gasteiger partial charge on any atom is 0.323 e. The van der Waals surface area contributed by atoms with E-state index in [0.29, 0.717) is 13.0 Å². The Hall–Kier alpha value is -1.79. The number of carbonyl (C=O) groups is 3. The number of carboxylic acid groups (broad SMARTS) is 1. The lowest BCUT2D eigenvalue weighted by Gasteiger charge is -2.31. The van der Waals surface area contributed by atoms with Gasteiger partial charge in [0.2, 0.25) is 0 Å². The molecule has 0 bridgehead atoms. The van der Waals surface area contributed by atoms with E-state index >= 15 is 0 Å². The number of ether oxygens (including phenoxy) is 1. The molecule has 1 heterocycles. The molecule has 0 aromatic carbocycles. The van der Waals surface area contributed by atoms with Crippen molar-refractivity contribution in [3.63, 3.8) is 0 Å². The van der Waals surface area contributed by atoms with Crippen LogP contribution >= 0.6 is 0 Å². The molecule has 1 saturated heterocycles. The van der Waals surface area contributed by atoms with Crippen LogP contribution in [0.25, 0.3) is 0 Å². The van der Waals surface area contributed by atoms with Crippen molar-refractivity contribution in [1.29, 1.82) is 0 Å². The van der Waals surface area contributed by atoms with E-state index in [2.05, 4.69) is 0 Å². The Balaban J connectivity index is 2.81. The zero-order chi connectivity index (χ0) is 16.2. The van der Waals surface area contributed by atoms with E-state index in [1.807, 2.05) is 20.8 Å². The van der Waals surface area contributed by atoms with Gasteiger partial charge >= 0.3 is 18.0 Å². The predicted octanol–water partition coefficient (Wildman–Crippen LogP) is 1.03. The number of esters is 1. The number of carbonyl (C=O) groups excluding carboxylic acids is 2. The van der Waals surface area contributed by atoms with Gasteiger partial charge in [-0.25, -0.2) is 4.79 Å². The summed E-state index contributed by atoms with van der Waals surface area (Å²) in [4.78, 5) is 38.0. The van der Waals surface area contributed by atoms with Gasteiger partial charge in [0.25, 0.3) is 0 Å². The van der Waals surface area contributed by atoms with E-state index in [0.717, 1.165) is 0 Å². The molecule has 3 atom stereocenters. The van der Waals surface area contributed by atoms with E-state index in [-0.39, 0.29) is 43.0 Å². The number of likely N-dealkylation sites (tertiary alicyclic amines) is 1. The lowest BCUT2D eigenvalue weighted by Crippen LogP contribution is -2.48. The molecular weight excluding hydrogens is 276 g/mol. The van der Waals surface area contributed by atoms with Crippen molar-refractivity contribution in [2.45, 2.75) is 33.2 Å². The first-order chi connectivity index (χ1) is 9.81. The summed E-state index contributed by atoms with van der Waals surface area (Å²) in [7, 11) is 1.33. The van der Waals surface area contributed by atoms with Crippen molar-refractivity contribution in [3.05, 3.63) is 0 Å². The Morgan fingerprint density at radius 2 is 2.00 bits per heavy atom. The van der Waals surface area contributed by atoms with Crippen LogP contribution in [-0.2, 0) is 14.3 Å². The van der Waals surface area contributed by atoms with E-state index < -0.39 is 5.97 Å². The van der Waals surface area contributed by atoms with Crippen molar-refractivity contribution < 1.29 is 24.2 Å². The summed E-state index contributed by atoms with van der Waals surface area (Å²) in [6, 6.07) is -0.494. The number of hydrogen-bond donors (Lipinski definition) is 1. The molecule has 0 aliphatic carbocycles. The fraction of sp³-hybridized carbons (Fsp3) is 0.786. The van der Waals surface area contributed by atoms with Crippen LogP contribution in [0.5, 0.6) is 0 Å². The second-order valence-electron chi connectivity index (χ2n) is 5.57. The largest absolute Gasteiger partial charge is 0.480 e. The van der Waals surface area contributed by atoms with Gasteiger partial charge in [-0.15, -0.1) is 0 Å². The second kappa shape index (κ2) is 7.28. The van der Waals surface area contributed by atoms with E-state index in [4.69, 9.17) is 9.84 Å². The zero-order valence-corrected chi connectivity index (χ0v) is 13.0. The van der Waals surface area contributed by atoms with Crippen LogP contribution in [0.2, 0.25) is 0 Å². The predicted molar refractivity (Wildman–Crippen MR) is 75.7 cm³/mol. The molecule has 1 fully saturated rings. The molecule has 0 saturated carbocycles. The van der Waals surface area contributed by atoms with E-state index in [1.54, 1.807) is 4.90 Å². The highest BCUT2D eigenvalue weighted by molar-refractivity contribution is 5.82. The van der Waals surface area contributed by atoms with Gasteiger partial charge < -0.3 is 19.6 Å². The van der Waals surface area contributed by atoms with Gasteiger partial charge in [0.05, 0.1) is 13.0 Å². The fourth-order valence-electron chi connectivity index (χ4n) is 2.54. The molecule has 3 unspecified atom stereocenters. The van der Waals surface area contributed by atoms with Crippen LogP contribution in [0, 0.1) is 11.8 Å². The van der Waals surface area contributed by atoms with Crippen molar-refractivity contribution in [3.8, 4) is 0 Å². The second-order valence-corrected chi connectivity index (χ2v) is 5.57. The van der Waals surface area contributed by atoms with Gasteiger partial charge in [0.15, 0.2) is 0 Å². The van der Waals surface area contributed by atoms with Gasteiger partial charge in [0.1, 0.15) is 6.54 Å². The summed E-state index contributed by atoms with van der Waals surface area (Å²) in [5, 5.41) is 8.96. The van der Waals surface area contributed by atoms with Crippen LogP contribution in [-0.4, -0.2) is 65.7 Å². The molecule has 21 heavy (non-hydrogen) atoms. The smallest absolute Gasteiger partial charge is 0.323 e. The molecule has 120 valence electrons. The third kappa shape index (κ3) is 4.09. The molecule has 1 aliphatic rings. The summed E-state index contributed by atoms with van der Waals surface area (Å²) < 4.78 is 4.74. The standard InChI is InChI=1S/C14H24N2O5/c1-5-10(3)16(8-12(17)18)14(20)15-6-9(2)11(7-15)13(19)21-4/h9-11H,5-8H2,1-4H3,(H,17,18). The molecule has 7 nitrogen and oxygen atoms in total. The van der Waals surface area contributed by atoms with Crippen LogP contribution in [0.15, 0.2) is 0 Å². The van der Waals surface area contributed by atoms with Crippen LogP contribution in [0.3, 0.4) is 0 Å². The molecule has 1 aliphatic heterocycles. The maximum absolute atomic E-state index is 12.5.